The zero-order valence-corrected chi connectivity index (χ0v) is 14.8. The van der Waals surface area contributed by atoms with Gasteiger partial charge in [-0.3, -0.25) is 0 Å². The first-order chi connectivity index (χ1) is 10.9. The molecule has 3 N–H and O–H groups in total. The number of rotatable bonds is 7. The highest BCUT2D eigenvalue weighted by Gasteiger charge is 2.25. The van der Waals surface area contributed by atoms with Gasteiger partial charge in [0.25, 0.3) is 0 Å². The lowest BCUT2D eigenvalue weighted by Gasteiger charge is -2.30. The zero-order valence-electron chi connectivity index (χ0n) is 14.8. The number of hydrogen-bond donors (Lipinski definition) is 3. The van der Waals surface area contributed by atoms with Gasteiger partial charge in [0.2, 0.25) is 0 Å². The molecule has 2 fully saturated rings. The number of carbonyl (C=O) groups excluding carboxylic acids is 1. The van der Waals surface area contributed by atoms with Crippen LogP contribution in [0.1, 0.15) is 52.9 Å². The van der Waals surface area contributed by atoms with E-state index in [9.17, 15) is 4.79 Å². The van der Waals surface area contributed by atoms with Gasteiger partial charge in [-0.25, -0.2) is 4.79 Å². The van der Waals surface area contributed by atoms with Gasteiger partial charge in [0.1, 0.15) is 5.60 Å². The van der Waals surface area contributed by atoms with Crippen molar-refractivity contribution in [2.75, 3.05) is 26.2 Å². The standard InChI is InChI=1S/C17H33N3O3/c1-17(2,3)23-16(21)20-13-5-7-15(8-6-13)22-10-4-9-19-14-11-18-12-14/h13-15,18-19H,4-12H2,1-3H3,(H,20,21). The van der Waals surface area contributed by atoms with Crippen LogP contribution in [0.4, 0.5) is 4.79 Å². The number of amides is 1. The second-order valence-electron chi connectivity index (χ2n) is 7.65. The highest BCUT2D eigenvalue weighted by molar-refractivity contribution is 5.68. The molecule has 0 atom stereocenters. The maximum Gasteiger partial charge on any atom is 0.407 e. The Morgan fingerprint density at radius 2 is 1.83 bits per heavy atom. The predicted octanol–water partition coefficient (Wildman–Crippen LogP) is 1.79. The molecule has 6 nitrogen and oxygen atoms in total. The molecule has 1 heterocycles. The number of alkyl carbamates (subject to hydrolysis) is 1. The smallest absolute Gasteiger partial charge is 0.407 e. The van der Waals surface area contributed by atoms with Crippen LogP contribution in [0, 0.1) is 0 Å². The van der Waals surface area contributed by atoms with Gasteiger partial charge in [-0.2, -0.15) is 0 Å². The fraction of sp³-hybridized carbons (Fsp3) is 0.941. The van der Waals surface area contributed by atoms with Crippen molar-refractivity contribution in [3.05, 3.63) is 0 Å². The van der Waals surface area contributed by atoms with Gasteiger partial charge < -0.3 is 25.4 Å². The molecular formula is C17H33N3O3. The summed E-state index contributed by atoms with van der Waals surface area (Å²) >= 11 is 0. The Labute approximate surface area is 140 Å². The highest BCUT2D eigenvalue weighted by Crippen LogP contribution is 2.21. The molecule has 2 aliphatic rings. The SMILES string of the molecule is CC(C)(C)OC(=O)NC1CCC(OCCCNC2CNC2)CC1. The molecule has 1 saturated carbocycles. The van der Waals surface area contributed by atoms with Crippen LogP contribution < -0.4 is 16.0 Å². The monoisotopic (exact) mass is 327 g/mol. The first kappa shape index (κ1) is 18.5. The van der Waals surface area contributed by atoms with Crippen molar-refractivity contribution < 1.29 is 14.3 Å². The second-order valence-corrected chi connectivity index (χ2v) is 7.65. The van der Waals surface area contributed by atoms with Crippen molar-refractivity contribution in [3.8, 4) is 0 Å². The van der Waals surface area contributed by atoms with Crippen molar-refractivity contribution in [2.45, 2.75) is 76.7 Å². The number of nitrogens with one attached hydrogen (secondary N) is 3. The first-order valence-corrected chi connectivity index (χ1v) is 8.97. The number of hydrogen-bond acceptors (Lipinski definition) is 5. The Balaban J connectivity index is 1.49. The Kier molecular flexibility index (Phi) is 7.11. The Hall–Kier alpha value is -0.850. The zero-order chi connectivity index (χ0) is 16.7. The van der Waals surface area contributed by atoms with Crippen LogP contribution in [0.5, 0.6) is 0 Å². The summed E-state index contributed by atoms with van der Waals surface area (Å²) in [4.78, 5) is 11.8. The molecular weight excluding hydrogens is 294 g/mol. The Bertz CT molecular complexity index is 359. The van der Waals surface area contributed by atoms with E-state index in [2.05, 4.69) is 16.0 Å². The number of carbonyl (C=O) groups is 1. The van der Waals surface area contributed by atoms with Gasteiger partial charge in [-0.05, 0) is 59.4 Å². The minimum absolute atomic E-state index is 0.220. The van der Waals surface area contributed by atoms with E-state index in [4.69, 9.17) is 9.47 Å². The molecule has 0 aromatic heterocycles. The molecule has 1 saturated heterocycles. The maximum absolute atomic E-state index is 11.8. The van der Waals surface area contributed by atoms with E-state index in [-0.39, 0.29) is 12.1 Å². The molecule has 0 unspecified atom stereocenters. The third kappa shape index (κ3) is 7.50. The molecule has 0 spiro atoms. The van der Waals surface area contributed by atoms with Crippen LogP contribution in [0.3, 0.4) is 0 Å². The van der Waals surface area contributed by atoms with Gasteiger partial charge in [0.15, 0.2) is 0 Å². The Morgan fingerprint density at radius 1 is 1.13 bits per heavy atom. The summed E-state index contributed by atoms with van der Waals surface area (Å²) < 4.78 is 11.3. The molecule has 1 amide bonds. The third-order valence-corrected chi connectivity index (χ3v) is 4.28. The van der Waals surface area contributed by atoms with Crippen LogP contribution in [-0.2, 0) is 9.47 Å². The van der Waals surface area contributed by atoms with Crippen LogP contribution in [0.15, 0.2) is 0 Å². The van der Waals surface area contributed by atoms with Crippen molar-refractivity contribution >= 4 is 6.09 Å². The Morgan fingerprint density at radius 3 is 2.39 bits per heavy atom. The van der Waals surface area contributed by atoms with E-state index >= 15 is 0 Å². The summed E-state index contributed by atoms with van der Waals surface area (Å²) in [5.74, 6) is 0. The summed E-state index contributed by atoms with van der Waals surface area (Å²) in [6, 6.07) is 0.877. The van der Waals surface area contributed by atoms with Gasteiger partial charge in [-0.1, -0.05) is 0 Å². The molecule has 0 aromatic rings. The molecule has 0 aromatic carbocycles. The minimum Gasteiger partial charge on any atom is -0.444 e. The van der Waals surface area contributed by atoms with E-state index in [1.165, 1.54) is 0 Å². The van der Waals surface area contributed by atoms with Crippen molar-refractivity contribution in [1.82, 2.24) is 16.0 Å². The first-order valence-electron chi connectivity index (χ1n) is 8.97. The van der Waals surface area contributed by atoms with Crippen molar-refractivity contribution in [3.63, 3.8) is 0 Å². The molecule has 1 aliphatic heterocycles. The largest absolute Gasteiger partial charge is 0.444 e. The van der Waals surface area contributed by atoms with Crippen LogP contribution in [-0.4, -0.2) is 56.1 Å². The highest BCUT2D eigenvalue weighted by atomic mass is 16.6. The average molecular weight is 327 g/mol. The van der Waals surface area contributed by atoms with Gasteiger partial charge in [-0.15, -0.1) is 0 Å². The fourth-order valence-corrected chi connectivity index (χ4v) is 2.91. The van der Waals surface area contributed by atoms with Crippen molar-refractivity contribution in [2.24, 2.45) is 0 Å². The summed E-state index contributed by atoms with van der Waals surface area (Å²) in [7, 11) is 0. The maximum atomic E-state index is 11.8. The molecule has 134 valence electrons. The van der Waals surface area contributed by atoms with Crippen LogP contribution in [0.2, 0.25) is 0 Å². The average Bonchev–Trinajstić information content (AvgIpc) is 2.40. The third-order valence-electron chi connectivity index (χ3n) is 4.28. The second kappa shape index (κ2) is 8.85. The predicted molar refractivity (Wildman–Crippen MR) is 90.6 cm³/mol. The molecule has 2 rings (SSSR count). The lowest BCUT2D eigenvalue weighted by Crippen LogP contribution is -2.55. The summed E-state index contributed by atoms with van der Waals surface area (Å²) in [5.41, 5.74) is -0.437. The lowest BCUT2D eigenvalue weighted by molar-refractivity contribution is 0.0168. The normalized spacial score (nSPS) is 25.7. The quantitative estimate of drug-likeness (QED) is 0.622. The molecule has 6 heteroatoms. The van der Waals surface area contributed by atoms with Crippen LogP contribution >= 0.6 is 0 Å². The number of ether oxygens (including phenoxy) is 2. The van der Waals surface area contributed by atoms with Crippen LogP contribution in [0.25, 0.3) is 0 Å². The molecule has 0 bridgehead atoms. The summed E-state index contributed by atoms with van der Waals surface area (Å²) in [5, 5.41) is 9.72. The van der Waals surface area contributed by atoms with E-state index in [1.807, 2.05) is 20.8 Å². The van der Waals surface area contributed by atoms with E-state index in [0.29, 0.717) is 12.1 Å². The van der Waals surface area contributed by atoms with Crippen molar-refractivity contribution in [1.29, 1.82) is 0 Å². The summed E-state index contributed by atoms with van der Waals surface area (Å²) in [6.45, 7) is 9.68. The van der Waals surface area contributed by atoms with Gasteiger partial charge in [0, 0.05) is 31.8 Å². The van der Waals surface area contributed by atoms with E-state index in [1.54, 1.807) is 0 Å². The molecule has 1 aliphatic carbocycles. The molecule has 23 heavy (non-hydrogen) atoms. The lowest BCUT2D eigenvalue weighted by atomic mass is 9.93. The minimum atomic E-state index is -0.437. The van der Waals surface area contributed by atoms with Gasteiger partial charge >= 0.3 is 6.09 Å². The topological polar surface area (TPSA) is 71.6 Å². The molecule has 0 radical (unpaired) electrons. The summed E-state index contributed by atoms with van der Waals surface area (Å²) in [6.07, 6.45) is 5.06. The van der Waals surface area contributed by atoms with Gasteiger partial charge in [0.05, 0.1) is 6.10 Å². The van der Waals surface area contributed by atoms with E-state index in [0.717, 1.165) is 58.3 Å². The van der Waals surface area contributed by atoms with E-state index < -0.39 is 5.60 Å². The fourth-order valence-electron chi connectivity index (χ4n) is 2.91.